The van der Waals surface area contributed by atoms with Crippen molar-refractivity contribution in [2.45, 2.75) is 26.4 Å². The van der Waals surface area contributed by atoms with E-state index in [0.717, 1.165) is 12.2 Å². The largest absolute Gasteiger partial charge is 0.478 e. The Morgan fingerprint density at radius 3 is 1.95 bits per heavy atom. The molecule has 1 fully saturated rings. The highest BCUT2D eigenvalue weighted by Gasteiger charge is 2.26. The van der Waals surface area contributed by atoms with Gasteiger partial charge in [0.2, 0.25) is 5.91 Å². The van der Waals surface area contributed by atoms with Crippen LogP contribution in [0.4, 0.5) is 4.79 Å². The Morgan fingerprint density at radius 2 is 1.50 bits per heavy atom. The van der Waals surface area contributed by atoms with Gasteiger partial charge in [0.25, 0.3) is 0 Å². The molecule has 1 N–H and O–H groups in total. The second-order valence-corrected chi connectivity index (χ2v) is 5.46. The summed E-state index contributed by atoms with van der Waals surface area (Å²) in [5.74, 6) is -1.53. The molecular formula is C13H20N2O5. The predicted octanol–water partition coefficient (Wildman–Crippen LogP) is 0.706. The van der Waals surface area contributed by atoms with Crippen molar-refractivity contribution in [1.82, 2.24) is 9.80 Å². The Hall–Kier alpha value is -2.05. The standard InChI is InChI=1S/C13H20N2O5/c1-13(2,3)20-12(19)15-8-6-14(7-9-15)10(16)4-5-11(17)18/h4-5H,6-9H2,1-3H3,(H,17,18). The van der Waals surface area contributed by atoms with Crippen molar-refractivity contribution in [3.05, 3.63) is 12.2 Å². The van der Waals surface area contributed by atoms with Crippen LogP contribution in [0.25, 0.3) is 0 Å². The van der Waals surface area contributed by atoms with Gasteiger partial charge in [0.1, 0.15) is 5.60 Å². The van der Waals surface area contributed by atoms with E-state index in [1.165, 1.54) is 9.80 Å². The first-order valence-corrected chi connectivity index (χ1v) is 6.37. The number of carbonyl (C=O) groups excluding carboxylic acids is 2. The molecule has 1 saturated heterocycles. The summed E-state index contributed by atoms with van der Waals surface area (Å²) < 4.78 is 5.24. The SMILES string of the molecule is CC(C)(C)OC(=O)N1CCN(C(=O)C=CC(=O)O)CC1. The summed E-state index contributed by atoms with van der Waals surface area (Å²) in [5, 5.41) is 8.46. The van der Waals surface area contributed by atoms with Crippen molar-refractivity contribution in [2.75, 3.05) is 26.2 Å². The van der Waals surface area contributed by atoms with Gasteiger partial charge >= 0.3 is 12.1 Å². The lowest BCUT2D eigenvalue weighted by atomic mass is 10.2. The number of carboxylic acids is 1. The molecular weight excluding hydrogens is 264 g/mol. The molecule has 1 aliphatic heterocycles. The summed E-state index contributed by atoms with van der Waals surface area (Å²) in [4.78, 5) is 36.8. The minimum Gasteiger partial charge on any atom is -0.478 e. The van der Waals surface area contributed by atoms with Crippen molar-refractivity contribution in [2.24, 2.45) is 0 Å². The number of hydrogen-bond acceptors (Lipinski definition) is 4. The molecule has 1 rings (SSSR count). The van der Waals surface area contributed by atoms with Gasteiger partial charge in [-0.25, -0.2) is 9.59 Å². The zero-order valence-corrected chi connectivity index (χ0v) is 12.0. The molecule has 7 nitrogen and oxygen atoms in total. The maximum atomic E-state index is 11.8. The highest BCUT2D eigenvalue weighted by molar-refractivity contribution is 5.94. The van der Waals surface area contributed by atoms with Gasteiger partial charge in [-0.2, -0.15) is 0 Å². The van der Waals surface area contributed by atoms with E-state index in [4.69, 9.17) is 9.84 Å². The molecule has 0 aliphatic carbocycles. The number of ether oxygens (including phenoxy) is 1. The topological polar surface area (TPSA) is 87.2 Å². The summed E-state index contributed by atoms with van der Waals surface area (Å²) in [7, 11) is 0. The van der Waals surface area contributed by atoms with Crippen molar-refractivity contribution < 1.29 is 24.2 Å². The van der Waals surface area contributed by atoms with Crippen molar-refractivity contribution in [3.8, 4) is 0 Å². The van der Waals surface area contributed by atoms with Gasteiger partial charge < -0.3 is 19.6 Å². The van der Waals surface area contributed by atoms with E-state index in [9.17, 15) is 14.4 Å². The number of aliphatic carboxylic acids is 1. The molecule has 0 unspecified atom stereocenters. The van der Waals surface area contributed by atoms with E-state index in [1.54, 1.807) is 20.8 Å². The lowest BCUT2D eigenvalue weighted by molar-refractivity contribution is -0.132. The maximum absolute atomic E-state index is 11.8. The Kier molecular flexibility index (Phi) is 5.12. The number of rotatable bonds is 2. The first-order valence-electron chi connectivity index (χ1n) is 6.37. The van der Waals surface area contributed by atoms with Crippen LogP contribution in [0.3, 0.4) is 0 Å². The lowest BCUT2D eigenvalue weighted by Crippen LogP contribution is -2.51. The van der Waals surface area contributed by atoms with Crippen LogP contribution in [-0.2, 0) is 14.3 Å². The first-order chi connectivity index (χ1) is 9.19. The number of nitrogens with zero attached hydrogens (tertiary/aromatic N) is 2. The van der Waals surface area contributed by atoms with Crippen LogP contribution in [0, 0.1) is 0 Å². The highest BCUT2D eigenvalue weighted by Crippen LogP contribution is 2.12. The van der Waals surface area contributed by atoms with Gasteiger partial charge in [0.15, 0.2) is 0 Å². The highest BCUT2D eigenvalue weighted by atomic mass is 16.6. The van der Waals surface area contributed by atoms with Crippen LogP contribution in [0.15, 0.2) is 12.2 Å². The monoisotopic (exact) mass is 284 g/mol. The quantitative estimate of drug-likeness (QED) is 0.754. The average molecular weight is 284 g/mol. The summed E-state index contributed by atoms with van der Waals surface area (Å²) in [5.41, 5.74) is -0.547. The van der Waals surface area contributed by atoms with E-state index in [-0.39, 0.29) is 5.91 Å². The van der Waals surface area contributed by atoms with E-state index in [0.29, 0.717) is 26.2 Å². The Bertz CT molecular complexity index is 417. The molecule has 0 spiro atoms. The van der Waals surface area contributed by atoms with Crippen molar-refractivity contribution in [3.63, 3.8) is 0 Å². The van der Waals surface area contributed by atoms with Gasteiger partial charge in [-0.3, -0.25) is 4.79 Å². The lowest BCUT2D eigenvalue weighted by Gasteiger charge is -2.35. The van der Waals surface area contributed by atoms with E-state index in [2.05, 4.69) is 0 Å². The molecule has 0 saturated carbocycles. The molecule has 7 heteroatoms. The van der Waals surface area contributed by atoms with Gasteiger partial charge in [0.05, 0.1) is 0 Å². The Balaban J connectivity index is 2.46. The van der Waals surface area contributed by atoms with Crippen molar-refractivity contribution >= 4 is 18.0 Å². The van der Waals surface area contributed by atoms with Crippen LogP contribution >= 0.6 is 0 Å². The van der Waals surface area contributed by atoms with Crippen LogP contribution in [0.2, 0.25) is 0 Å². The van der Waals surface area contributed by atoms with Crippen LogP contribution in [0.1, 0.15) is 20.8 Å². The number of amides is 2. The molecule has 20 heavy (non-hydrogen) atoms. The molecule has 2 amide bonds. The summed E-state index contributed by atoms with van der Waals surface area (Å²) in [6.07, 6.45) is 1.43. The third-order valence-electron chi connectivity index (χ3n) is 2.61. The predicted molar refractivity (Wildman–Crippen MR) is 71.2 cm³/mol. The fourth-order valence-corrected chi connectivity index (χ4v) is 1.68. The smallest absolute Gasteiger partial charge is 0.410 e. The van der Waals surface area contributed by atoms with Gasteiger partial charge in [0, 0.05) is 38.3 Å². The van der Waals surface area contributed by atoms with Crippen LogP contribution < -0.4 is 0 Å². The Labute approximate surface area is 117 Å². The fourth-order valence-electron chi connectivity index (χ4n) is 1.68. The normalized spacial score (nSPS) is 16.4. The minimum absolute atomic E-state index is 0.363. The third kappa shape index (κ3) is 5.29. The molecule has 1 aliphatic rings. The van der Waals surface area contributed by atoms with Crippen LogP contribution in [0.5, 0.6) is 0 Å². The third-order valence-corrected chi connectivity index (χ3v) is 2.61. The van der Waals surface area contributed by atoms with Gasteiger partial charge in [-0.05, 0) is 20.8 Å². The number of hydrogen-bond donors (Lipinski definition) is 1. The van der Waals surface area contributed by atoms with E-state index in [1.807, 2.05) is 0 Å². The molecule has 1 heterocycles. The molecule has 0 aromatic rings. The molecule has 0 bridgehead atoms. The van der Waals surface area contributed by atoms with Gasteiger partial charge in [-0.15, -0.1) is 0 Å². The first kappa shape index (κ1) is 16.0. The number of carbonyl (C=O) groups is 3. The second-order valence-electron chi connectivity index (χ2n) is 5.46. The number of carboxylic acid groups (broad SMARTS) is 1. The number of piperazine rings is 1. The summed E-state index contributed by atoms with van der Waals surface area (Å²) in [6.45, 7) is 6.86. The second kappa shape index (κ2) is 6.40. The summed E-state index contributed by atoms with van der Waals surface area (Å²) in [6, 6.07) is 0. The molecule has 0 radical (unpaired) electrons. The molecule has 112 valence electrons. The van der Waals surface area contributed by atoms with E-state index >= 15 is 0 Å². The zero-order chi connectivity index (χ0) is 15.3. The maximum Gasteiger partial charge on any atom is 0.410 e. The Morgan fingerprint density at radius 1 is 1.00 bits per heavy atom. The molecule has 0 aromatic heterocycles. The summed E-state index contributed by atoms with van der Waals surface area (Å²) >= 11 is 0. The van der Waals surface area contributed by atoms with Crippen molar-refractivity contribution in [1.29, 1.82) is 0 Å². The molecule has 0 aromatic carbocycles. The average Bonchev–Trinajstić information content (AvgIpc) is 2.34. The van der Waals surface area contributed by atoms with Gasteiger partial charge in [-0.1, -0.05) is 0 Å². The zero-order valence-electron chi connectivity index (χ0n) is 12.0. The van der Waals surface area contributed by atoms with Crippen LogP contribution in [-0.4, -0.2) is 64.7 Å². The fraction of sp³-hybridized carbons (Fsp3) is 0.615. The molecule has 0 atom stereocenters. The van der Waals surface area contributed by atoms with E-state index < -0.39 is 17.7 Å². The minimum atomic E-state index is -1.16.